The summed E-state index contributed by atoms with van der Waals surface area (Å²) in [6.45, 7) is 12.3. The molecule has 0 radical (unpaired) electrons. The number of carbonyl (C=O) groups excluding carboxylic acids is 1. The number of anilines is 6. The van der Waals surface area contributed by atoms with Crippen molar-refractivity contribution < 1.29 is 23.4 Å². The highest BCUT2D eigenvalue weighted by Gasteiger charge is 2.33. The lowest BCUT2D eigenvalue weighted by Crippen LogP contribution is -2.56. The highest BCUT2D eigenvalue weighted by molar-refractivity contribution is 6.07. The van der Waals surface area contributed by atoms with E-state index >= 15 is 0 Å². The smallest absolute Gasteiger partial charge is 0.410 e. The van der Waals surface area contributed by atoms with Crippen LogP contribution in [0.2, 0.25) is 0 Å². The Hall–Kier alpha value is -7.39. The zero-order valence-electron chi connectivity index (χ0n) is 42.9. The number of nitrogens with one attached hydrogen (secondary N) is 3. The molecule has 2 atom stereocenters. The van der Waals surface area contributed by atoms with Crippen LogP contribution in [0, 0.1) is 11.9 Å². The minimum Gasteiger partial charge on any atom is -0.444 e. The fourth-order valence-corrected chi connectivity index (χ4v) is 11.3. The van der Waals surface area contributed by atoms with E-state index in [0.717, 1.165) is 116 Å². The molecule has 2 saturated heterocycles. The van der Waals surface area contributed by atoms with E-state index in [4.69, 9.17) is 14.7 Å². The van der Waals surface area contributed by atoms with E-state index in [0.29, 0.717) is 59.8 Å². The Morgan fingerprint density at radius 3 is 1.67 bits per heavy atom. The van der Waals surface area contributed by atoms with Gasteiger partial charge in [-0.1, -0.05) is 32.6 Å². The lowest BCUT2D eigenvalue weighted by atomic mass is 10.1. The molecule has 10 heterocycles. The number of aliphatic hydroxyl groups is 1. The van der Waals surface area contributed by atoms with E-state index < -0.39 is 17.5 Å². The number of aromatic nitrogens is 10. The van der Waals surface area contributed by atoms with Crippen molar-refractivity contribution in [2.75, 3.05) is 66.3 Å². The van der Waals surface area contributed by atoms with Crippen molar-refractivity contribution >= 4 is 84.9 Å². The first-order chi connectivity index (χ1) is 36.4. The van der Waals surface area contributed by atoms with Gasteiger partial charge in [-0.2, -0.15) is 18.7 Å². The molecule has 0 unspecified atom stereocenters. The number of fused-ring (bicyclic) bond motifs is 6. The second-order valence-electron chi connectivity index (χ2n) is 21.0. The van der Waals surface area contributed by atoms with Crippen molar-refractivity contribution in [2.45, 2.75) is 115 Å². The van der Waals surface area contributed by atoms with E-state index in [-0.39, 0.29) is 36.9 Å². The second-order valence-corrected chi connectivity index (χ2v) is 21.0. The third-order valence-electron chi connectivity index (χ3n) is 15.0. The summed E-state index contributed by atoms with van der Waals surface area (Å²) in [5.74, 6) is 1.13. The van der Waals surface area contributed by atoms with Gasteiger partial charge in [0.1, 0.15) is 39.6 Å². The van der Waals surface area contributed by atoms with Crippen molar-refractivity contribution in [3.63, 3.8) is 0 Å². The molecule has 2 aliphatic carbocycles. The Bertz CT molecular complexity index is 3320. The molecule has 392 valence electrons. The van der Waals surface area contributed by atoms with Gasteiger partial charge < -0.3 is 49.6 Å². The first-order valence-corrected chi connectivity index (χ1v) is 26.3. The molecule has 4 aliphatic rings. The molecule has 2 aliphatic heterocycles. The number of aliphatic hydroxyl groups excluding tert-OH is 1. The minimum absolute atomic E-state index is 0.0585. The Kier molecular flexibility index (Phi) is 14.0. The molecule has 19 nitrogen and oxygen atoms in total. The van der Waals surface area contributed by atoms with Crippen LogP contribution in [-0.2, 0) is 4.74 Å². The summed E-state index contributed by atoms with van der Waals surface area (Å²) in [5, 5.41) is 22.4. The number of hydrogen-bond donors (Lipinski definition) is 4. The van der Waals surface area contributed by atoms with Gasteiger partial charge in [-0.25, -0.2) is 34.7 Å². The van der Waals surface area contributed by atoms with Gasteiger partial charge in [-0.15, -0.1) is 0 Å². The highest BCUT2D eigenvalue weighted by atomic mass is 19.1. The van der Waals surface area contributed by atoms with Gasteiger partial charge in [-0.05, 0) is 89.3 Å². The summed E-state index contributed by atoms with van der Waals surface area (Å²) in [4.78, 5) is 54.6. The van der Waals surface area contributed by atoms with Crippen molar-refractivity contribution in [1.82, 2.24) is 59.2 Å². The minimum atomic E-state index is -0.520. The second kappa shape index (κ2) is 21.1. The molecule has 1 amide bonds. The molecule has 0 bridgehead atoms. The SMILES string of the molecule is CC[C@H]1CN(c2ccc(Nc3ncc4c5ccnc(F)c5n(C5CCCC5)c4n3)nc2)CCN1C(=O)OC(C)(C)C.OC[C@H]1CN(c2ccc(Nc3ncc4c5ccnc(F)c5n(C5CCCC5)c4n3)nc2)CCN1. The maximum absolute atomic E-state index is 14.9. The Labute approximate surface area is 433 Å². The maximum atomic E-state index is 14.9. The van der Waals surface area contributed by atoms with Crippen LogP contribution in [-0.4, -0.2) is 129 Å². The molecule has 0 aromatic carbocycles. The van der Waals surface area contributed by atoms with Crippen LogP contribution in [0.3, 0.4) is 0 Å². The number of piperazine rings is 2. The van der Waals surface area contributed by atoms with E-state index in [9.17, 15) is 18.7 Å². The predicted octanol–water partition coefficient (Wildman–Crippen LogP) is 9.35. The Balaban J connectivity index is 0.000000163. The average molecular weight is 1020 g/mol. The Morgan fingerprint density at radius 1 is 0.680 bits per heavy atom. The standard InChI is InChI=1S/C30H37FN8O2.C24H27FN8O/c1-5-19-18-37(14-15-38(19)29(40)41-30(2,3)4)21-10-11-24(33-16-21)35-28-34-17-23-22-12-13-32-26(31)25(22)39(27(23)36-28)20-8-6-7-9-20;25-22-21-18(7-8-27-22)19-12-29-24(31-23(19)33(21)16-3-1-2-4-16)30-20-6-5-17(11-28-20)32-10-9-26-15(13-32)14-34/h10-13,16-17,19-20H,5-9,14-15,18H2,1-4H3,(H,33,34,35,36);5-8,11-12,15-16,26,34H,1-4,9-10,13-14H2,(H,28,29,30,31)/t19-;15-/m01/s1. The predicted molar refractivity (Wildman–Crippen MR) is 286 cm³/mol. The first-order valence-electron chi connectivity index (χ1n) is 26.3. The molecule has 12 rings (SSSR count). The number of nitrogens with zero attached hydrogens (tertiary/aromatic N) is 13. The molecule has 2 saturated carbocycles. The summed E-state index contributed by atoms with van der Waals surface area (Å²) < 4.78 is 39.4. The van der Waals surface area contributed by atoms with Crippen LogP contribution in [0.1, 0.15) is 97.6 Å². The third-order valence-corrected chi connectivity index (χ3v) is 15.0. The zero-order chi connectivity index (χ0) is 51.8. The van der Waals surface area contributed by atoms with E-state index in [2.05, 4.69) is 62.6 Å². The summed E-state index contributed by atoms with van der Waals surface area (Å²) in [6.07, 6.45) is 19.2. The van der Waals surface area contributed by atoms with Crippen molar-refractivity contribution in [3.8, 4) is 0 Å². The molecule has 8 aromatic rings. The molecule has 4 N–H and O–H groups in total. The molecular formula is C54H64F2N16O3. The summed E-state index contributed by atoms with van der Waals surface area (Å²) >= 11 is 0. The fourth-order valence-electron chi connectivity index (χ4n) is 11.3. The largest absolute Gasteiger partial charge is 0.444 e. The van der Waals surface area contributed by atoms with Gasteiger partial charge in [0.25, 0.3) is 0 Å². The lowest BCUT2D eigenvalue weighted by molar-refractivity contribution is 0.0136. The van der Waals surface area contributed by atoms with Crippen molar-refractivity contribution in [1.29, 1.82) is 0 Å². The number of halogens is 2. The van der Waals surface area contributed by atoms with Crippen LogP contribution < -0.4 is 25.8 Å². The number of amides is 1. The van der Waals surface area contributed by atoms with Gasteiger partial charge in [0.15, 0.2) is 0 Å². The van der Waals surface area contributed by atoms with Crippen LogP contribution in [0.5, 0.6) is 0 Å². The normalized spacial score (nSPS) is 18.8. The van der Waals surface area contributed by atoms with Crippen LogP contribution in [0.4, 0.5) is 48.5 Å². The molecular weight excluding hydrogens is 959 g/mol. The van der Waals surface area contributed by atoms with Crippen LogP contribution >= 0.6 is 0 Å². The van der Waals surface area contributed by atoms with Gasteiger partial charge in [-0.3, -0.25) is 0 Å². The summed E-state index contributed by atoms with van der Waals surface area (Å²) in [6, 6.07) is 12.0. The van der Waals surface area contributed by atoms with Crippen molar-refractivity contribution in [3.05, 3.63) is 85.5 Å². The first kappa shape index (κ1) is 49.8. The topological polar surface area (TPSA) is 205 Å². The highest BCUT2D eigenvalue weighted by Crippen LogP contribution is 2.40. The average Bonchev–Trinajstić information content (AvgIpc) is 4.28. The maximum Gasteiger partial charge on any atom is 0.410 e. The Morgan fingerprint density at radius 2 is 1.20 bits per heavy atom. The zero-order valence-corrected chi connectivity index (χ0v) is 42.9. The van der Waals surface area contributed by atoms with Crippen LogP contribution in [0.15, 0.2) is 73.6 Å². The fraction of sp³-hybridized carbons (Fsp3) is 0.463. The van der Waals surface area contributed by atoms with Crippen LogP contribution in [0.25, 0.3) is 43.9 Å². The van der Waals surface area contributed by atoms with E-state index in [1.807, 2.05) is 83.6 Å². The van der Waals surface area contributed by atoms with Gasteiger partial charge in [0.05, 0.1) is 36.4 Å². The summed E-state index contributed by atoms with van der Waals surface area (Å²) in [7, 11) is 0. The molecule has 75 heavy (non-hydrogen) atoms. The quantitative estimate of drug-likeness (QED) is 0.0942. The van der Waals surface area contributed by atoms with Crippen molar-refractivity contribution in [2.24, 2.45) is 0 Å². The summed E-state index contributed by atoms with van der Waals surface area (Å²) in [5.41, 5.74) is 3.91. The number of hydrogen-bond acceptors (Lipinski definition) is 16. The van der Waals surface area contributed by atoms with E-state index in [1.54, 1.807) is 12.4 Å². The van der Waals surface area contributed by atoms with Gasteiger partial charge >= 0.3 is 6.09 Å². The molecule has 4 fully saturated rings. The van der Waals surface area contributed by atoms with E-state index in [1.165, 1.54) is 12.4 Å². The number of ether oxygens (including phenoxy) is 1. The van der Waals surface area contributed by atoms with Gasteiger partial charge in [0.2, 0.25) is 23.8 Å². The molecule has 0 spiro atoms. The molecule has 21 heteroatoms. The van der Waals surface area contributed by atoms with Gasteiger partial charge in [0, 0.05) is 104 Å². The lowest BCUT2D eigenvalue weighted by Gasteiger charge is -2.42. The monoisotopic (exact) mass is 1020 g/mol. The molecule has 8 aromatic heterocycles. The number of pyridine rings is 4. The number of carbonyl (C=O) groups is 1. The number of rotatable bonds is 10. The third kappa shape index (κ3) is 10.3.